The van der Waals surface area contributed by atoms with Crippen molar-refractivity contribution in [1.82, 2.24) is 9.97 Å². The molecule has 2 aromatic heterocycles. The second kappa shape index (κ2) is 6.48. The third-order valence-electron chi connectivity index (χ3n) is 4.18. The van der Waals surface area contributed by atoms with Crippen molar-refractivity contribution in [1.29, 1.82) is 0 Å². The highest BCUT2D eigenvalue weighted by Gasteiger charge is 2.08. The Bertz CT molecular complexity index is 1040. The number of pyridine rings is 1. The number of anilines is 2. The molecule has 0 saturated carbocycles. The Hall–Kier alpha value is -3.01. The molecule has 2 N–H and O–H groups in total. The van der Waals surface area contributed by atoms with Crippen LogP contribution in [0, 0.1) is 6.92 Å². The number of aryl methyl sites for hydroxylation is 1. The summed E-state index contributed by atoms with van der Waals surface area (Å²) >= 11 is 0. The number of hydrogen-bond donors (Lipinski definition) is 2. The molecular weight excluding hydrogens is 310 g/mol. The van der Waals surface area contributed by atoms with Crippen LogP contribution in [0.25, 0.3) is 21.8 Å². The molecule has 0 amide bonds. The first-order valence-electron chi connectivity index (χ1n) is 8.62. The molecule has 0 atom stereocenters. The number of H-pyrrole nitrogens is 1. The van der Waals surface area contributed by atoms with Gasteiger partial charge in [-0.2, -0.15) is 0 Å². The van der Waals surface area contributed by atoms with Gasteiger partial charge in [0.05, 0.1) is 17.8 Å². The number of ether oxygens (including phenoxy) is 1. The van der Waals surface area contributed by atoms with Gasteiger partial charge in [0.25, 0.3) is 0 Å². The van der Waals surface area contributed by atoms with Gasteiger partial charge < -0.3 is 15.0 Å². The Morgan fingerprint density at radius 1 is 1.08 bits per heavy atom. The molecule has 0 radical (unpaired) electrons. The van der Waals surface area contributed by atoms with Crippen LogP contribution < -0.4 is 10.1 Å². The minimum absolute atomic E-state index is 0.654. The normalized spacial score (nSPS) is 11.1. The molecule has 126 valence electrons. The van der Waals surface area contributed by atoms with Crippen LogP contribution in [-0.4, -0.2) is 16.6 Å². The van der Waals surface area contributed by atoms with E-state index < -0.39 is 0 Å². The fraction of sp³-hybridized carbons (Fsp3) is 0.190. The van der Waals surface area contributed by atoms with E-state index in [4.69, 9.17) is 4.74 Å². The van der Waals surface area contributed by atoms with Gasteiger partial charge in [0.1, 0.15) is 0 Å². The smallest absolute Gasteiger partial charge is 0.215 e. The zero-order valence-corrected chi connectivity index (χ0v) is 14.5. The monoisotopic (exact) mass is 331 g/mol. The number of rotatable bonds is 5. The average molecular weight is 331 g/mol. The Kier molecular flexibility index (Phi) is 4.02. The van der Waals surface area contributed by atoms with Gasteiger partial charge in [0.15, 0.2) is 0 Å². The first-order valence-corrected chi connectivity index (χ1v) is 8.62. The van der Waals surface area contributed by atoms with Gasteiger partial charge in [-0.3, -0.25) is 0 Å². The van der Waals surface area contributed by atoms with Crippen molar-refractivity contribution >= 4 is 33.2 Å². The number of fused-ring (bicyclic) bond motifs is 2. The van der Waals surface area contributed by atoms with E-state index in [-0.39, 0.29) is 0 Å². The highest BCUT2D eigenvalue weighted by molar-refractivity contribution is 5.94. The predicted molar refractivity (Wildman–Crippen MR) is 104 cm³/mol. The Morgan fingerprint density at radius 3 is 2.84 bits per heavy atom. The van der Waals surface area contributed by atoms with E-state index in [0.717, 1.165) is 39.9 Å². The molecule has 4 heteroatoms. The van der Waals surface area contributed by atoms with E-state index >= 15 is 0 Å². The number of para-hydroxylation sites is 1. The quantitative estimate of drug-likeness (QED) is 0.503. The number of benzene rings is 2. The highest BCUT2D eigenvalue weighted by Crippen LogP contribution is 2.30. The van der Waals surface area contributed by atoms with E-state index in [0.29, 0.717) is 12.5 Å². The number of aromatic nitrogens is 2. The second-order valence-electron chi connectivity index (χ2n) is 6.25. The highest BCUT2D eigenvalue weighted by atomic mass is 16.5. The summed E-state index contributed by atoms with van der Waals surface area (Å²) in [5.74, 6) is 0.654. The van der Waals surface area contributed by atoms with Crippen molar-refractivity contribution in [3.8, 4) is 5.88 Å². The summed E-state index contributed by atoms with van der Waals surface area (Å²) in [5.41, 5.74) is 5.29. The van der Waals surface area contributed by atoms with E-state index in [2.05, 4.69) is 59.5 Å². The zero-order chi connectivity index (χ0) is 17.2. The van der Waals surface area contributed by atoms with Crippen LogP contribution in [0.4, 0.5) is 11.4 Å². The fourth-order valence-corrected chi connectivity index (χ4v) is 3.05. The summed E-state index contributed by atoms with van der Waals surface area (Å²) in [6.45, 7) is 4.83. The Balaban J connectivity index is 1.75. The third kappa shape index (κ3) is 3.15. The maximum absolute atomic E-state index is 5.76. The van der Waals surface area contributed by atoms with Gasteiger partial charge in [-0.05, 0) is 43.7 Å². The molecule has 0 fully saturated rings. The van der Waals surface area contributed by atoms with Crippen LogP contribution >= 0.6 is 0 Å². The fourth-order valence-electron chi connectivity index (χ4n) is 3.05. The van der Waals surface area contributed by atoms with Crippen LogP contribution in [0.2, 0.25) is 0 Å². The molecule has 0 bridgehead atoms. The number of nitrogens with zero attached hydrogens (tertiary/aromatic N) is 1. The van der Waals surface area contributed by atoms with Gasteiger partial charge in [-0.15, -0.1) is 0 Å². The molecular formula is C21H21N3O. The molecule has 0 aliphatic carbocycles. The molecule has 2 heterocycles. The topological polar surface area (TPSA) is 49.9 Å². The minimum Gasteiger partial charge on any atom is -0.478 e. The summed E-state index contributed by atoms with van der Waals surface area (Å²) < 4.78 is 5.76. The molecule has 0 aliphatic rings. The van der Waals surface area contributed by atoms with Crippen molar-refractivity contribution in [3.63, 3.8) is 0 Å². The van der Waals surface area contributed by atoms with Crippen LogP contribution in [-0.2, 0) is 0 Å². The van der Waals surface area contributed by atoms with Gasteiger partial charge in [0, 0.05) is 33.7 Å². The van der Waals surface area contributed by atoms with Crippen molar-refractivity contribution in [2.45, 2.75) is 20.3 Å². The van der Waals surface area contributed by atoms with Crippen molar-refractivity contribution in [3.05, 3.63) is 60.3 Å². The standard InChI is InChI=1S/C21H21N3O/c1-3-10-25-21-13-20(17-6-4-5-7-19(17)24-21)23-16-8-9-18-15(12-16)11-14(2)22-18/h4-9,11-13,22H,3,10H2,1-2H3,(H,23,24). The number of nitrogens with one attached hydrogen (secondary N) is 2. The lowest BCUT2D eigenvalue weighted by Gasteiger charge is -2.12. The van der Waals surface area contributed by atoms with E-state index in [9.17, 15) is 0 Å². The summed E-state index contributed by atoms with van der Waals surface area (Å²) in [4.78, 5) is 7.95. The van der Waals surface area contributed by atoms with Crippen LogP contribution in [0.5, 0.6) is 5.88 Å². The minimum atomic E-state index is 0.654. The predicted octanol–water partition coefficient (Wildman–Crippen LogP) is 5.56. The lowest BCUT2D eigenvalue weighted by molar-refractivity contribution is 0.306. The molecule has 25 heavy (non-hydrogen) atoms. The lowest BCUT2D eigenvalue weighted by atomic mass is 10.1. The van der Waals surface area contributed by atoms with Crippen LogP contribution in [0.3, 0.4) is 0 Å². The van der Waals surface area contributed by atoms with Crippen molar-refractivity contribution < 1.29 is 4.74 Å². The molecule has 0 unspecified atom stereocenters. The summed E-state index contributed by atoms with van der Waals surface area (Å²) in [6, 6.07) is 18.6. The number of hydrogen-bond acceptors (Lipinski definition) is 3. The van der Waals surface area contributed by atoms with Gasteiger partial charge in [-0.25, -0.2) is 4.98 Å². The summed E-state index contributed by atoms with van der Waals surface area (Å²) in [5, 5.41) is 5.81. The first kappa shape index (κ1) is 15.5. The molecule has 4 aromatic rings. The van der Waals surface area contributed by atoms with Gasteiger partial charge >= 0.3 is 0 Å². The van der Waals surface area contributed by atoms with Crippen LogP contribution in [0.1, 0.15) is 19.0 Å². The largest absolute Gasteiger partial charge is 0.478 e. The summed E-state index contributed by atoms with van der Waals surface area (Å²) in [6.07, 6.45) is 0.959. The first-order chi connectivity index (χ1) is 12.2. The van der Waals surface area contributed by atoms with Crippen molar-refractivity contribution in [2.24, 2.45) is 0 Å². The molecule has 4 nitrogen and oxygen atoms in total. The maximum atomic E-state index is 5.76. The van der Waals surface area contributed by atoms with E-state index in [1.165, 1.54) is 5.39 Å². The maximum Gasteiger partial charge on any atom is 0.215 e. The van der Waals surface area contributed by atoms with Gasteiger partial charge in [0.2, 0.25) is 5.88 Å². The average Bonchev–Trinajstić information content (AvgIpc) is 2.99. The SMILES string of the molecule is CCCOc1cc(Nc2ccc3[nH]c(C)cc3c2)c2ccccc2n1. The van der Waals surface area contributed by atoms with Gasteiger partial charge in [-0.1, -0.05) is 25.1 Å². The zero-order valence-electron chi connectivity index (χ0n) is 14.5. The molecule has 2 aromatic carbocycles. The number of aromatic amines is 1. The lowest BCUT2D eigenvalue weighted by Crippen LogP contribution is -2.00. The third-order valence-corrected chi connectivity index (χ3v) is 4.18. The molecule has 0 aliphatic heterocycles. The second-order valence-corrected chi connectivity index (χ2v) is 6.25. The Morgan fingerprint density at radius 2 is 1.96 bits per heavy atom. The molecule has 0 spiro atoms. The Labute approximate surface area is 146 Å². The molecule has 4 rings (SSSR count). The van der Waals surface area contributed by atoms with Crippen LogP contribution in [0.15, 0.2) is 54.6 Å². The van der Waals surface area contributed by atoms with E-state index in [1.54, 1.807) is 0 Å². The summed E-state index contributed by atoms with van der Waals surface area (Å²) in [7, 11) is 0. The van der Waals surface area contributed by atoms with E-state index in [1.807, 2.05) is 24.3 Å². The van der Waals surface area contributed by atoms with Crippen molar-refractivity contribution in [2.75, 3.05) is 11.9 Å². The molecule has 0 saturated heterocycles.